The maximum Gasteiger partial charge on any atom is 0.225 e. The molecule has 144 valence electrons. The summed E-state index contributed by atoms with van der Waals surface area (Å²) in [5.41, 5.74) is 1.26. The summed E-state index contributed by atoms with van der Waals surface area (Å²) in [7, 11) is 0. The maximum atomic E-state index is 6.32. The topological polar surface area (TPSA) is 50.3 Å². The van der Waals surface area contributed by atoms with Crippen molar-refractivity contribution in [1.82, 2.24) is 15.3 Å². The number of nitrogens with one attached hydrogen (secondary N) is 1. The van der Waals surface area contributed by atoms with Crippen LogP contribution in [0, 0.1) is 0 Å². The Morgan fingerprint density at radius 3 is 2.44 bits per heavy atom. The molecule has 1 aliphatic heterocycles. The van der Waals surface area contributed by atoms with Crippen molar-refractivity contribution in [3.8, 4) is 0 Å². The third-order valence-corrected chi connectivity index (χ3v) is 5.79. The van der Waals surface area contributed by atoms with Crippen molar-refractivity contribution < 1.29 is 4.74 Å². The molecule has 1 saturated heterocycles. The van der Waals surface area contributed by atoms with E-state index in [0.29, 0.717) is 24.8 Å². The van der Waals surface area contributed by atoms with Gasteiger partial charge in [0.2, 0.25) is 5.95 Å². The molecule has 2 atom stereocenters. The van der Waals surface area contributed by atoms with E-state index < -0.39 is 0 Å². The number of benzene rings is 1. The number of anilines is 1. The smallest absolute Gasteiger partial charge is 0.225 e. The van der Waals surface area contributed by atoms with Crippen LogP contribution in [0.5, 0.6) is 0 Å². The van der Waals surface area contributed by atoms with Gasteiger partial charge in [0.1, 0.15) is 0 Å². The van der Waals surface area contributed by atoms with Crippen molar-refractivity contribution in [3.05, 3.63) is 54.4 Å². The molecule has 2 fully saturated rings. The first-order valence-corrected chi connectivity index (χ1v) is 10.3. The van der Waals surface area contributed by atoms with Gasteiger partial charge in [-0.25, -0.2) is 9.97 Å². The predicted molar refractivity (Wildman–Crippen MR) is 108 cm³/mol. The Kier molecular flexibility index (Phi) is 6.32. The molecule has 2 aromatic rings. The van der Waals surface area contributed by atoms with Gasteiger partial charge < -0.3 is 15.0 Å². The van der Waals surface area contributed by atoms with Crippen LogP contribution < -0.4 is 10.2 Å². The summed E-state index contributed by atoms with van der Waals surface area (Å²) < 4.78 is 6.32. The van der Waals surface area contributed by atoms with Crippen molar-refractivity contribution in [2.75, 3.05) is 18.0 Å². The minimum absolute atomic E-state index is 0.328. The van der Waals surface area contributed by atoms with E-state index in [0.717, 1.165) is 31.9 Å². The average Bonchev–Trinajstić information content (AvgIpc) is 2.75. The van der Waals surface area contributed by atoms with E-state index in [9.17, 15) is 0 Å². The van der Waals surface area contributed by atoms with Crippen LogP contribution in [0.15, 0.2) is 48.8 Å². The molecule has 4 rings (SSSR count). The Labute approximate surface area is 162 Å². The molecule has 0 spiro atoms. The zero-order chi connectivity index (χ0) is 18.3. The summed E-state index contributed by atoms with van der Waals surface area (Å²) in [5.74, 6) is 0.859. The molecule has 1 aliphatic carbocycles. The van der Waals surface area contributed by atoms with Gasteiger partial charge in [0, 0.05) is 37.6 Å². The molecule has 5 nitrogen and oxygen atoms in total. The molecule has 1 N–H and O–H groups in total. The van der Waals surface area contributed by atoms with Crippen molar-refractivity contribution in [2.45, 2.75) is 63.3 Å². The lowest BCUT2D eigenvalue weighted by Gasteiger charge is -2.38. The van der Waals surface area contributed by atoms with E-state index in [1.54, 1.807) is 0 Å². The fourth-order valence-corrected chi connectivity index (χ4v) is 4.27. The predicted octanol–water partition coefficient (Wildman–Crippen LogP) is 3.56. The first kappa shape index (κ1) is 18.4. The molecule has 27 heavy (non-hydrogen) atoms. The average molecular weight is 367 g/mol. The maximum absolute atomic E-state index is 6.32. The van der Waals surface area contributed by atoms with Crippen LogP contribution in [0.2, 0.25) is 0 Å². The third-order valence-electron chi connectivity index (χ3n) is 5.79. The van der Waals surface area contributed by atoms with Crippen molar-refractivity contribution in [2.24, 2.45) is 0 Å². The molecule has 1 aromatic carbocycles. The van der Waals surface area contributed by atoms with Crippen LogP contribution in [-0.4, -0.2) is 41.2 Å². The first-order chi connectivity index (χ1) is 13.4. The lowest BCUT2D eigenvalue weighted by atomic mass is 9.90. The van der Waals surface area contributed by atoms with Gasteiger partial charge in [0.05, 0.1) is 12.7 Å². The van der Waals surface area contributed by atoms with Gasteiger partial charge in [-0.05, 0) is 37.3 Å². The Morgan fingerprint density at radius 2 is 1.67 bits per heavy atom. The molecule has 5 heteroatoms. The van der Waals surface area contributed by atoms with Gasteiger partial charge >= 0.3 is 0 Å². The molecule has 0 amide bonds. The summed E-state index contributed by atoms with van der Waals surface area (Å²) in [5, 5.41) is 3.92. The fourth-order valence-electron chi connectivity index (χ4n) is 4.27. The molecule has 0 radical (unpaired) electrons. The van der Waals surface area contributed by atoms with Gasteiger partial charge in [-0.2, -0.15) is 0 Å². The van der Waals surface area contributed by atoms with E-state index in [1.165, 1.54) is 31.2 Å². The molecule has 0 unspecified atom stereocenters. The van der Waals surface area contributed by atoms with Crippen LogP contribution in [-0.2, 0) is 11.3 Å². The first-order valence-electron chi connectivity index (χ1n) is 10.3. The van der Waals surface area contributed by atoms with Gasteiger partial charge in [-0.15, -0.1) is 0 Å². The van der Waals surface area contributed by atoms with Gasteiger partial charge in [-0.1, -0.05) is 43.2 Å². The normalized spacial score (nSPS) is 24.1. The minimum atomic E-state index is 0.328. The summed E-state index contributed by atoms with van der Waals surface area (Å²) in [6.45, 7) is 2.75. The van der Waals surface area contributed by atoms with Gasteiger partial charge in [-0.3, -0.25) is 0 Å². The van der Waals surface area contributed by atoms with Crippen molar-refractivity contribution in [3.63, 3.8) is 0 Å². The molecule has 0 bridgehead atoms. The third kappa shape index (κ3) is 5.05. The SMILES string of the molecule is c1ccc(CO[C@@H]2CCCC[C@H]2NC2CCN(c3ncccn3)CC2)cc1. The van der Waals surface area contributed by atoms with Crippen LogP contribution in [0.3, 0.4) is 0 Å². The number of aromatic nitrogens is 2. The number of ether oxygens (including phenoxy) is 1. The molecule has 1 saturated carbocycles. The number of hydrogen-bond donors (Lipinski definition) is 1. The van der Waals surface area contributed by atoms with E-state index in [4.69, 9.17) is 4.74 Å². The zero-order valence-electron chi connectivity index (χ0n) is 16.0. The Bertz CT molecular complexity index is 673. The second kappa shape index (κ2) is 9.29. The Morgan fingerprint density at radius 1 is 0.926 bits per heavy atom. The number of nitrogens with zero attached hydrogens (tertiary/aromatic N) is 3. The molecule has 2 heterocycles. The van der Waals surface area contributed by atoms with Gasteiger partial charge in [0.25, 0.3) is 0 Å². The second-order valence-corrected chi connectivity index (χ2v) is 7.70. The fraction of sp³-hybridized carbons (Fsp3) is 0.545. The lowest BCUT2D eigenvalue weighted by molar-refractivity contribution is -0.00911. The lowest BCUT2D eigenvalue weighted by Crippen LogP contribution is -2.51. The van der Waals surface area contributed by atoms with E-state index >= 15 is 0 Å². The standard InChI is InChI=1S/C22H30N4O/c1-2-7-18(8-3-1)17-27-21-10-5-4-9-20(21)25-19-11-15-26(16-12-19)22-23-13-6-14-24-22/h1-3,6-8,13-14,19-21,25H,4-5,9-12,15-17H2/t20-,21-/m1/s1. The summed E-state index contributed by atoms with van der Waals surface area (Å²) in [6.07, 6.45) is 11.2. The molecule has 2 aliphatic rings. The van der Waals surface area contributed by atoms with Crippen LogP contribution >= 0.6 is 0 Å². The van der Waals surface area contributed by atoms with E-state index in [2.05, 4.69) is 50.5 Å². The van der Waals surface area contributed by atoms with Crippen molar-refractivity contribution >= 4 is 5.95 Å². The molecular weight excluding hydrogens is 336 g/mol. The number of hydrogen-bond acceptors (Lipinski definition) is 5. The van der Waals surface area contributed by atoms with E-state index in [-0.39, 0.29) is 0 Å². The summed E-state index contributed by atoms with van der Waals surface area (Å²) in [6, 6.07) is 13.4. The Hall–Kier alpha value is -1.98. The molecule has 1 aromatic heterocycles. The van der Waals surface area contributed by atoms with Gasteiger partial charge in [0.15, 0.2) is 0 Å². The minimum Gasteiger partial charge on any atom is -0.372 e. The highest BCUT2D eigenvalue weighted by molar-refractivity contribution is 5.29. The highest BCUT2D eigenvalue weighted by Gasteiger charge is 2.29. The highest BCUT2D eigenvalue weighted by Crippen LogP contribution is 2.24. The summed E-state index contributed by atoms with van der Waals surface area (Å²) >= 11 is 0. The monoisotopic (exact) mass is 366 g/mol. The number of rotatable bonds is 6. The van der Waals surface area contributed by atoms with Crippen molar-refractivity contribution in [1.29, 1.82) is 0 Å². The van der Waals surface area contributed by atoms with E-state index in [1.807, 2.05) is 18.5 Å². The molecular formula is C22H30N4O. The number of piperidine rings is 1. The van der Waals surface area contributed by atoms with Crippen LogP contribution in [0.4, 0.5) is 5.95 Å². The quantitative estimate of drug-likeness (QED) is 0.847. The Balaban J connectivity index is 1.27. The zero-order valence-corrected chi connectivity index (χ0v) is 16.0. The highest BCUT2D eigenvalue weighted by atomic mass is 16.5. The van der Waals surface area contributed by atoms with Crippen LogP contribution in [0.1, 0.15) is 44.1 Å². The second-order valence-electron chi connectivity index (χ2n) is 7.70. The largest absolute Gasteiger partial charge is 0.372 e. The van der Waals surface area contributed by atoms with Crippen LogP contribution in [0.25, 0.3) is 0 Å². The summed E-state index contributed by atoms with van der Waals surface area (Å²) in [4.78, 5) is 11.1.